The van der Waals surface area contributed by atoms with Crippen LogP contribution in [0.5, 0.6) is 0 Å². The molecule has 0 radical (unpaired) electrons. The summed E-state index contributed by atoms with van der Waals surface area (Å²) in [5, 5.41) is 6.46. The molecule has 2 heterocycles. The highest BCUT2D eigenvalue weighted by molar-refractivity contribution is 5.87. The molecule has 0 bridgehead atoms. The van der Waals surface area contributed by atoms with Crippen molar-refractivity contribution in [1.82, 2.24) is 15.2 Å². The van der Waals surface area contributed by atoms with Crippen LogP contribution < -0.4 is 5.73 Å². The van der Waals surface area contributed by atoms with Crippen LogP contribution in [0, 0.1) is 5.95 Å². The number of halogens is 1. The number of anilines is 1. The Morgan fingerprint density at radius 3 is 3.09 bits per heavy atom. The van der Waals surface area contributed by atoms with Crippen molar-refractivity contribution in [3.05, 3.63) is 18.2 Å². The minimum atomic E-state index is -0.589. The van der Waals surface area contributed by atoms with Gasteiger partial charge in [0.15, 0.2) is 5.82 Å². The molecule has 0 unspecified atom stereocenters. The van der Waals surface area contributed by atoms with Gasteiger partial charge in [-0.1, -0.05) is 0 Å². The number of nitrogen functional groups attached to an aromatic ring is 1. The van der Waals surface area contributed by atoms with Crippen molar-refractivity contribution in [3.63, 3.8) is 0 Å². The van der Waals surface area contributed by atoms with E-state index in [1.165, 1.54) is 6.20 Å². The number of nitrogens with zero attached hydrogens (tertiary/aromatic N) is 2. The van der Waals surface area contributed by atoms with Crippen molar-refractivity contribution < 1.29 is 4.39 Å². The van der Waals surface area contributed by atoms with Crippen molar-refractivity contribution >= 4 is 16.7 Å². The van der Waals surface area contributed by atoms with E-state index in [2.05, 4.69) is 15.2 Å². The maximum Gasteiger partial charge on any atom is 0.226 e. The van der Waals surface area contributed by atoms with Gasteiger partial charge >= 0.3 is 0 Å². The van der Waals surface area contributed by atoms with Gasteiger partial charge in [0.2, 0.25) is 5.95 Å². The molecule has 5 heteroatoms. The normalized spacial score (nSPS) is 10.6. The number of pyridine rings is 1. The highest BCUT2D eigenvalue weighted by Gasteiger charge is 2.06. The number of rotatable bonds is 0. The Kier molecular flexibility index (Phi) is 1.06. The predicted molar refractivity (Wildman–Crippen MR) is 38.3 cm³/mol. The van der Waals surface area contributed by atoms with E-state index >= 15 is 0 Å². The number of nitrogens with one attached hydrogen (secondary N) is 1. The van der Waals surface area contributed by atoms with Crippen LogP contribution in [-0.2, 0) is 0 Å². The van der Waals surface area contributed by atoms with Gasteiger partial charge < -0.3 is 5.73 Å². The molecule has 0 aromatic carbocycles. The molecule has 0 aliphatic carbocycles. The van der Waals surface area contributed by atoms with Gasteiger partial charge in [0, 0.05) is 6.20 Å². The Morgan fingerprint density at radius 2 is 2.36 bits per heavy atom. The van der Waals surface area contributed by atoms with Crippen LogP contribution in [0.1, 0.15) is 0 Å². The minimum Gasteiger partial charge on any atom is -0.382 e. The molecule has 0 saturated heterocycles. The lowest BCUT2D eigenvalue weighted by atomic mass is 10.3. The van der Waals surface area contributed by atoms with E-state index in [4.69, 9.17) is 5.73 Å². The molecule has 2 aromatic rings. The summed E-state index contributed by atoms with van der Waals surface area (Å²) in [6, 6.07) is 1.61. The van der Waals surface area contributed by atoms with Crippen molar-refractivity contribution in [3.8, 4) is 0 Å². The maximum absolute atomic E-state index is 12.8. The zero-order chi connectivity index (χ0) is 7.84. The van der Waals surface area contributed by atoms with E-state index in [1.807, 2.05) is 0 Å². The molecule has 0 saturated carbocycles. The zero-order valence-corrected chi connectivity index (χ0v) is 5.50. The molecule has 0 aliphatic heterocycles. The number of aromatic nitrogens is 3. The summed E-state index contributed by atoms with van der Waals surface area (Å²) < 4.78 is 12.8. The standard InChI is InChI=1S/C6H5FN4/c7-5-4-3(1-2-9-5)10-11-6(4)8/h1-2H,(H3,8,10,11). The number of H-pyrrole nitrogens is 1. The molecule has 2 rings (SSSR count). The molecule has 2 aromatic heterocycles. The molecule has 4 nitrogen and oxygen atoms in total. The first-order valence-electron chi connectivity index (χ1n) is 3.03. The molecule has 0 spiro atoms. The van der Waals surface area contributed by atoms with Gasteiger partial charge in [0.05, 0.1) is 10.9 Å². The molecular weight excluding hydrogens is 147 g/mol. The topological polar surface area (TPSA) is 67.6 Å². The average Bonchev–Trinajstić information content (AvgIpc) is 2.34. The fourth-order valence-electron chi connectivity index (χ4n) is 0.949. The van der Waals surface area contributed by atoms with Crippen LogP contribution in [0.2, 0.25) is 0 Å². The smallest absolute Gasteiger partial charge is 0.226 e. The highest BCUT2D eigenvalue weighted by atomic mass is 19.1. The van der Waals surface area contributed by atoms with Crippen molar-refractivity contribution in [2.24, 2.45) is 0 Å². The third-order valence-electron chi connectivity index (χ3n) is 1.46. The lowest BCUT2D eigenvalue weighted by Crippen LogP contribution is -1.87. The van der Waals surface area contributed by atoms with Crippen LogP contribution in [-0.4, -0.2) is 15.2 Å². The number of aromatic amines is 1. The third kappa shape index (κ3) is 0.739. The third-order valence-corrected chi connectivity index (χ3v) is 1.46. The van der Waals surface area contributed by atoms with Gasteiger partial charge in [0.1, 0.15) is 0 Å². The van der Waals surface area contributed by atoms with E-state index < -0.39 is 5.95 Å². The Morgan fingerprint density at radius 1 is 1.55 bits per heavy atom. The maximum atomic E-state index is 12.8. The van der Waals surface area contributed by atoms with Crippen LogP contribution in [0.4, 0.5) is 10.2 Å². The molecule has 0 amide bonds. The Labute approximate surface area is 61.2 Å². The molecule has 11 heavy (non-hydrogen) atoms. The van der Waals surface area contributed by atoms with E-state index in [0.29, 0.717) is 5.52 Å². The fraction of sp³-hybridized carbons (Fsp3) is 0. The van der Waals surface area contributed by atoms with Crippen LogP contribution in [0.15, 0.2) is 12.3 Å². The first-order chi connectivity index (χ1) is 5.29. The van der Waals surface area contributed by atoms with Gasteiger partial charge in [-0.2, -0.15) is 9.49 Å². The summed E-state index contributed by atoms with van der Waals surface area (Å²) in [5.74, 6) is -0.445. The lowest BCUT2D eigenvalue weighted by molar-refractivity contribution is 0.597. The van der Waals surface area contributed by atoms with Crippen molar-refractivity contribution in [1.29, 1.82) is 0 Å². The Balaban J connectivity index is 2.96. The summed E-state index contributed by atoms with van der Waals surface area (Å²) in [6.07, 6.45) is 1.36. The molecule has 0 atom stereocenters. The predicted octanol–water partition coefficient (Wildman–Crippen LogP) is 0.679. The van der Waals surface area contributed by atoms with Crippen molar-refractivity contribution in [2.45, 2.75) is 0 Å². The molecule has 3 N–H and O–H groups in total. The second-order valence-electron chi connectivity index (χ2n) is 2.13. The van der Waals surface area contributed by atoms with Gasteiger partial charge in [0.25, 0.3) is 0 Å². The summed E-state index contributed by atoms with van der Waals surface area (Å²) in [6.45, 7) is 0. The molecule has 0 aliphatic rings. The fourth-order valence-corrected chi connectivity index (χ4v) is 0.949. The quantitative estimate of drug-likeness (QED) is 0.545. The highest BCUT2D eigenvalue weighted by Crippen LogP contribution is 2.18. The van der Waals surface area contributed by atoms with E-state index in [-0.39, 0.29) is 11.2 Å². The summed E-state index contributed by atoms with van der Waals surface area (Å²) in [4.78, 5) is 3.43. The number of fused-ring (bicyclic) bond motifs is 1. The van der Waals surface area contributed by atoms with Gasteiger partial charge in [-0.05, 0) is 6.07 Å². The van der Waals surface area contributed by atoms with Crippen LogP contribution in [0.3, 0.4) is 0 Å². The second-order valence-corrected chi connectivity index (χ2v) is 2.13. The minimum absolute atomic E-state index is 0.144. The summed E-state index contributed by atoms with van der Waals surface area (Å²) >= 11 is 0. The van der Waals surface area contributed by atoms with Crippen LogP contribution in [0.25, 0.3) is 10.9 Å². The number of hydrogen-bond acceptors (Lipinski definition) is 3. The van der Waals surface area contributed by atoms with Crippen molar-refractivity contribution in [2.75, 3.05) is 5.73 Å². The lowest BCUT2D eigenvalue weighted by Gasteiger charge is -1.88. The SMILES string of the molecule is Nc1n[nH]c2ccnc(F)c12. The molecular formula is C6H5FN4. The van der Waals surface area contributed by atoms with E-state index in [1.54, 1.807) is 6.07 Å². The zero-order valence-electron chi connectivity index (χ0n) is 5.50. The van der Waals surface area contributed by atoms with Gasteiger partial charge in [-0.25, -0.2) is 4.98 Å². The Bertz CT molecular complexity index is 394. The van der Waals surface area contributed by atoms with Crippen LogP contribution >= 0.6 is 0 Å². The monoisotopic (exact) mass is 152 g/mol. The average molecular weight is 152 g/mol. The first kappa shape index (κ1) is 6.09. The summed E-state index contributed by atoms with van der Waals surface area (Å²) in [7, 11) is 0. The number of hydrogen-bond donors (Lipinski definition) is 2. The molecule has 0 fully saturated rings. The first-order valence-corrected chi connectivity index (χ1v) is 3.03. The largest absolute Gasteiger partial charge is 0.382 e. The second kappa shape index (κ2) is 1.91. The van der Waals surface area contributed by atoms with E-state index in [9.17, 15) is 4.39 Å². The Hall–Kier alpha value is -1.65. The summed E-state index contributed by atoms with van der Waals surface area (Å²) in [5.41, 5.74) is 5.92. The van der Waals surface area contributed by atoms with Gasteiger partial charge in [-0.3, -0.25) is 5.10 Å². The van der Waals surface area contributed by atoms with Gasteiger partial charge in [-0.15, -0.1) is 0 Å². The van der Waals surface area contributed by atoms with E-state index in [0.717, 1.165) is 0 Å². The molecule has 56 valence electrons. The number of nitrogens with two attached hydrogens (primary N) is 1.